The summed E-state index contributed by atoms with van der Waals surface area (Å²) in [5, 5.41) is 3.88. The van der Waals surface area contributed by atoms with Crippen LogP contribution in [0.2, 0.25) is 5.02 Å². The Bertz CT molecular complexity index is 1290. The van der Waals surface area contributed by atoms with Crippen LogP contribution >= 0.6 is 11.6 Å². The van der Waals surface area contributed by atoms with Crippen LogP contribution in [0, 0.1) is 12.9 Å². The highest BCUT2D eigenvalue weighted by atomic mass is 35.5. The lowest BCUT2D eigenvalue weighted by Gasteiger charge is -2.29. The SMILES string of the molecule is [B]C([B])(c1ccc(Cl)cc1)n1nc(-c2ccc(C)nc2F)c2ccccc2c1=O. The Balaban J connectivity index is 2.05. The van der Waals surface area contributed by atoms with E-state index in [9.17, 15) is 9.18 Å². The summed E-state index contributed by atoms with van der Waals surface area (Å²) >= 11 is 5.94. The smallest absolute Gasteiger partial charge is 0.267 e. The summed E-state index contributed by atoms with van der Waals surface area (Å²) in [6.07, 6.45) is 0. The molecule has 2 heterocycles. The number of rotatable bonds is 3. The minimum absolute atomic E-state index is 0.146. The van der Waals surface area contributed by atoms with E-state index in [0.29, 0.717) is 27.1 Å². The molecule has 0 N–H and O–H groups in total. The molecule has 0 unspecified atom stereocenters. The van der Waals surface area contributed by atoms with Crippen molar-refractivity contribution in [3.05, 3.63) is 93.2 Å². The number of aromatic nitrogens is 3. The van der Waals surface area contributed by atoms with Gasteiger partial charge in [-0.3, -0.25) is 4.79 Å². The third-order valence-electron chi connectivity index (χ3n) is 4.71. The van der Waals surface area contributed by atoms with Crippen LogP contribution in [0.15, 0.2) is 65.5 Å². The molecule has 0 amide bonds. The molecule has 0 bridgehead atoms. The molecule has 4 rings (SSSR count). The molecule has 0 aliphatic heterocycles. The summed E-state index contributed by atoms with van der Waals surface area (Å²) in [6.45, 7) is 1.69. The van der Waals surface area contributed by atoms with Crippen LogP contribution in [-0.4, -0.2) is 30.5 Å². The Morgan fingerprint density at radius 2 is 1.66 bits per heavy atom. The van der Waals surface area contributed by atoms with Crippen LogP contribution < -0.4 is 5.56 Å². The van der Waals surface area contributed by atoms with Gasteiger partial charge in [-0.25, -0.2) is 9.67 Å². The molecule has 4 aromatic rings. The van der Waals surface area contributed by atoms with Gasteiger partial charge in [0.25, 0.3) is 5.56 Å². The molecule has 0 atom stereocenters. The summed E-state index contributed by atoms with van der Waals surface area (Å²) in [7, 11) is 12.7. The van der Waals surface area contributed by atoms with Gasteiger partial charge in [0, 0.05) is 21.4 Å². The third kappa shape index (κ3) is 3.36. The zero-order valence-corrected chi connectivity index (χ0v) is 16.2. The molecule has 138 valence electrons. The average molecular weight is 399 g/mol. The largest absolute Gasteiger partial charge is 0.274 e. The first-order valence-electron chi connectivity index (χ1n) is 8.79. The van der Waals surface area contributed by atoms with E-state index in [1.54, 1.807) is 67.6 Å². The lowest BCUT2D eigenvalue weighted by molar-refractivity contribution is 0.565. The molecule has 0 spiro atoms. The van der Waals surface area contributed by atoms with Crippen molar-refractivity contribution in [2.75, 3.05) is 0 Å². The van der Waals surface area contributed by atoms with Gasteiger partial charge in [0.1, 0.15) is 5.69 Å². The van der Waals surface area contributed by atoms with Crippen LogP contribution in [-0.2, 0) is 5.34 Å². The molecule has 4 nitrogen and oxygen atoms in total. The van der Waals surface area contributed by atoms with Crippen LogP contribution in [0.3, 0.4) is 0 Å². The zero-order chi connectivity index (χ0) is 20.8. The summed E-state index contributed by atoms with van der Waals surface area (Å²) in [5.41, 5.74) is 0.814. The molecular weight excluding hydrogens is 386 g/mol. The van der Waals surface area contributed by atoms with E-state index in [4.69, 9.17) is 27.3 Å². The average Bonchev–Trinajstić information content (AvgIpc) is 2.69. The number of halogens is 2. The van der Waals surface area contributed by atoms with Gasteiger partial charge in [-0.05, 0) is 42.8 Å². The lowest BCUT2D eigenvalue weighted by Crippen LogP contribution is -2.45. The highest BCUT2D eigenvalue weighted by molar-refractivity contribution is 6.40. The molecule has 2 aromatic heterocycles. The molecule has 4 radical (unpaired) electrons. The Morgan fingerprint density at radius 1 is 1.00 bits per heavy atom. The molecule has 29 heavy (non-hydrogen) atoms. The second kappa shape index (κ2) is 7.16. The topological polar surface area (TPSA) is 47.8 Å². The molecule has 0 aliphatic carbocycles. The van der Waals surface area contributed by atoms with E-state index >= 15 is 0 Å². The fraction of sp³-hybridized carbons (Fsp3) is 0.0952. The number of pyridine rings is 1. The van der Waals surface area contributed by atoms with E-state index in [1.165, 1.54) is 0 Å². The lowest BCUT2D eigenvalue weighted by atomic mass is 9.58. The number of fused-ring (bicyclic) bond motifs is 1. The number of hydrogen-bond acceptors (Lipinski definition) is 3. The van der Waals surface area contributed by atoms with E-state index in [1.807, 2.05) is 0 Å². The normalized spacial score (nSPS) is 11.7. The minimum Gasteiger partial charge on any atom is -0.267 e. The fourth-order valence-electron chi connectivity index (χ4n) is 3.18. The maximum absolute atomic E-state index is 14.6. The first kappa shape index (κ1) is 19.4. The van der Waals surface area contributed by atoms with Crippen LogP contribution in [0.4, 0.5) is 4.39 Å². The maximum Gasteiger partial charge on any atom is 0.274 e. The van der Waals surface area contributed by atoms with Crippen LogP contribution in [0.5, 0.6) is 0 Å². The fourth-order valence-corrected chi connectivity index (χ4v) is 3.31. The quantitative estimate of drug-likeness (QED) is 0.391. The number of aryl methyl sites for hydroxylation is 1. The molecule has 0 fully saturated rings. The number of benzene rings is 2. The number of hydrogen-bond donors (Lipinski definition) is 0. The molecule has 2 aromatic carbocycles. The van der Waals surface area contributed by atoms with Gasteiger partial charge in [0.05, 0.1) is 26.6 Å². The Labute approximate surface area is 174 Å². The van der Waals surface area contributed by atoms with Crippen molar-refractivity contribution in [3.8, 4) is 11.3 Å². The van der Waals surface area contributed by atoms with E-state index in [-0.39, 0.29) is 11.3 Å². The van der Waals surface area contributed by atoms with Gasteiger partial charge in [0.2, 0.25) is 5.95 Å². The van der Waals surface area contributed by atoms with E-state index < -0.39 is 16.8 Å². The zero-order valence-electron chi connectivity index (χ0n) is 15.4. The summed E-state index contributed by atoms with van der Waals surface area (Å²) in [6, 6.07) is 16.5. The predicted octanol–water partition coefficient (Wildman–Crippen LogP) is 3.56. The highest BCUT2D eigenvalue weighted by Gasteiger charge is 2.27. The first-order valence-corrected chi connectivity index (χ1v) is 9.16. The monoisotopic (exact) mass is 399 g/mol. The van der Waals surface area contributed by atoms with Crippen molar-refractivity contribution in [1.82, 2.24) is 14.8 Å². The van der Waals surface area contributed by atoms with Gasteiger partial charge >= 0.3 is 0 Å². The van der Waals surface area contributed by atoms with E-state index in [2.05, 4.69) is 10.1 Å². The predicted molar refractivity (Wildman–Crippen MR) is 114 cm³/mol. The van der Waals surface area contributed by atoms with Crippen molar-refractivity contribution in [3.63, 3.8) is 0 Å². The van der Waals surface area contributed by atoms with Gasteiger partial charge < -0.3 is 0 Å². The first-order chi connectivity index (χ1) is 13.8. The molecular formula is C21H13B2ClFN3O. The summed E-state index contributed by atoms with van der Waals surface area (Å²) in [4.78, 5) is 17.0. The molecule has 0 saturated carbocycles. The van der Waals surface area contributed by atoms with Gasteiger partial charge in [-0.15, -0.1) is 0 Å². The van der Waals surface area contributed by atoms with Crippen molar-refractivity contribution >= 4 is 38.1 Å². The van der Waals surface area contributed by atoms with Crippen molar-refractivity contribution in [2.45, 2.75) is 12.3 Å². The third-order valence-corrected chi connectivity index (χ3v) is 4.96. The minimum atomic E-state index is -1.78. The van der Waals surface area contributed by atoms with E-state index in [0.717, 1.165) is 4.68 Å². The standard InChI is InChI=1S/C21H13B2ClFN3O/c1-12-6-11-17(19(25)26-12)18-15-4-2-3-5-16(15)20(29)28(27-18)21(22,23)13-7-9-14(24)10-8-13/h2-11H,1H3. The highest BCUT2D eigenvalue weighted by Crippen LogP contribution is 2.28. The number of nitrogens with zero attached hydrogens (tertiary/aromatic N) is 3. The Morgan fingerprint density at radius 3 is 2.31 bits per heavy atom. The van der Waals surface area contributed by atoms with Gasteiger partial charge in [0.15, 0.2) is 0 Å². The second-order valence-electron chi connectivity index (χ2n) is 6.73. The van der Waals surface area contributed by atoms with Crippen molar-refractivity contribution in [2.24, 2.45) is 0 Å². The van der Waals surface area contributed by atoms with Crippen molar-refractivity contribution < 1.29 is 4.39 Å². The van der Waals surface area contributed by atoms with Gasteiger partial charge in [-0.2, -0.15) is 9.49 Å². The Kier molecular flexibility index (Phi) is 4.79. The Hall–Kier alpha value is -2.92. The maximum atomic E-state index is 14.6. The second-order valence-corrected chi connectivity index (χ2v) is 7.17. The summed E-state index contributed by atoms with van der Waals surface area (Å²) < 4.78 is 15.6. The van der Waals surface area contributed by atoms with Crippen LogP contribution in [0.1, 0.15) is 11.3 Å². The molecule has 0 aliphatic rings. The summed E-state index contributed by atoms with van der Waals surface area (Å²) in [5.74, 6) is -0.695. The van der Waals surface area contributed by atoms with Crippen molar-refractivity contribution in [1.29, 1.82) is 0 Å². The molecule has 0 saturated heterocycles. The van der Waals surface area contributed by atoms with Crippen LogP contribution in [0.25, 0.3) is 22.0 Å². The van der Waals surface area contributed by atoms with Gasteiger partial charge in [-0.1, -0.05) is 41.9 Å². The molecule has 8 heteroatoms.